The summed E-state index contributed by atoms with van der Waals surface area (Å²) in [5, 5.41) is 86.2. The van der Waals surface area contributed by atoms with Crippen LogP contribution in [0.1, 0.15) is 33.1 Å². The number of carboxylic acids is 4. The van der Waals surface area contributed by atoms with E-state index < -0.39 is 65.9 Å². The van der Waals surface area contributed by atoms with Gasteiger partial charge in [0.15, 0.2) is 0 Å². The van der Waals surface area contributed by atoms with Crippen LogP contribution < -0.4 is 36.0 Å². The van der Waals surface area contributed by atoms with Crippen LogP contribution in [0.5, 0.6) is 0 Å². The van der Waals surface area contributed by atoms with E-state index in [1.54, 1.807) is 0 Å². The SMILES string of the molecule is CC(C)(CO)[C@@H](O)C(=O)NCCC(=O)[O-].O=C([O-])CC(O)(CC(=O)[O-])C(=O)[O-].O=C([O-])[O-].[Ca+2].[Ca+2].[Ca+2]. The molecule has 16 nitrogen and oxygen atoms in total. The molecule has 0 aromatic rings. The first-order valence-electron chi connectivity index (χ1n) is 8.30. The molecule has 0 aromatic heterocycles. The number of carboxylic acid groups (broad SMARTS) is 6. The van der Waals surface area contributed by atoms with Gasteiger partial charge in [-0.15, -0.1) is 0 Å². The van der Waals surface area contributed by atoms with Crippen LogP contribution in [-0.4, -0.2) is 189 Å². The van der Waals surface area contributed by atoms with Gasteiger partial charge in [0.1, 0.15) is 11.7 Å². The fourth-order valence-electron chi connectivity index (χ4n) is 1.51. The molecule has 1 amide bonds. The molecule has 0 unspecified atom stereocenters. The summed E-state index contributed by atoms with van der Waals surface area (Å²) in [7, 11) is 0. The normalized spacial score (nSPS) is 10.4. The van der Waals surface area contributed by atoms with Crippen molar-refractivity contribution in [2.24, 2.45) is 5.41 Å². The van der Waals surface area contributed by atoms with Crippen LogP contribution in [-0.2, 0) is 24.0 Å². The Kier molecular flexibility index (Phi) is 34.0. The quantitative estimate of drug-likeness (QED) is 0.163. The second-order valence-corrected chi connectivity index (χ2v) is 6.63. The summed E-state index contributed by atoms with van der Waals surface area (Å²) >= 11 is 0. The Morgan fingerprint density at radius 1 is 0.800 bits per heavy atom. The third kappa shape index (κ3) is 28.7. The van der Waals surface area contributed by atoms with Crippen LogP contribution >= 0.6 is 0 Å². The average Bonchev–Trinajstić information content (AvgIpc) is 2.59. The first kappa shape index (κ1) is 48.4. The topological polar surface area (TPSA) is 314 Å². The zero-order chi connectivity index (χ0) is 26.3. The number of carbonyl (C=O) groups excluding carboxylic acids is 6. The number of carbonyl (C=O) groups is 6. The second-order valence-electron chi connectivity index (χ2n) is 6.63. The van der Waals surface area contributed by atoms with E-state index in [2.05, 4.69) is 5.32 Å². The number of rotatable bonds is 11. The van der Waals surface area contributed by atoms with E-state index in [1.165, 1.54) is 13.8 Å². The number of amides is 1. The van der Waals surface area contributed by atoms with Gasteiger partial charge in [0.05, 0.1) is 12.6 Å². The molecule has 0 saturated carbocycles. The number of nitrogens with one attached hydrogen (secondary N) is 1. The molecule has 0 saturated heterocycles. The van der Waals surface area contributed by atoms with E-state index >= 15 is 0 Å². The van der Waals surface area contributed by atoms with Crippen molar-refractivity contribution in [2.75, 3.05) is 13.2 Å². The molecule has 0 fully saturated rings. The van der Waals surface area contributed by atoms with Crippen LogP contribution in [0.15, 0.2) is 0 Å². The molecule has 0 aliphatic carbocycles. The standard InChI is InChI=1S/C9H17NO5.C6H8O7.CH2O3.3Ca/c1-9(2,5-11)7(14)8(15)10-4-3-6(12)13;7-3(8)1-6(13,5(11)12)2-4(9)10;2-1(3)4;;;/h7,11,14H,3-5H2,1-2H3,(H,10,15)(H,12,13);13H,1-2H2,(H,7,8)(H,9,10)(H,11,12);(H2,2,3,4);;;/q;;;3*+2/p-6/t7-;;;;;/m0...../s1. The van der Waals surface area contributed by atoms with Crippen LogP contribution in [0.25, 0.3) is 0 Å². The molecule has 35 heavy (non-hydrogen) atoms. The van der Waals surface area contributed by atoms with Crippen molar-refractivity contribution in [3.63, 3.8) is 0 Å². The minimum Gasteiger partial charge on any atom is -0.652 e. The molecular weight excluding hydrogens is 566 g/mol. The summed E-state index contributed by atoms with van der Waals surface area (Å²) < 4.78 is 0. The molecule has 0 aromatic carbocycles. The van der Waals surface area contributed by atoms with Gasteiger partial charge in [0, 0.05) is 49.1 Å². The van der Waals surface area contributed by atoms with Gasteiger partial charge in [-0.25, -0.2) is 0 Å². The van der Waals surface area contributed by atoms with E-state index in [-0.39, 0.29) is 133 Å². The minimum atomic E-state index is -2.97. The molecule has 0 heterocycles. The molecule has 19 heteroatoms. The summed E-state index contributed by atoms with van der Waals surface area (Å²) in [6.45, 7) is 2.60. The number of hydrogen-bond donors (Lipinski definition) is 4. The van der Waals surface area contributed by atoms with Crippen molar-refractivity contribution >= 4 is 149 Å². The van der Waals surface area contributed by atoms with Gasteiger partial charge in [-0.3, -0.25) is 4.79 Å². The maximum absolute atomic E-state index is 11.2. The van der Waals surface area contributed by atoms with Crippen molar-refractivity contribution in [2.45, 2.75) is 44.8 Å². The van der Waals surface area contributed by atoms with E-state index in [0.29, 0.717) is 0 Å². The molecule has 0 spiro atoms. The Labute approximate surface area is 288 Å². The van der Waals surface area contributed by atoms with Crippen molar-refractivity contribution in [3.8, 4) is 0 Å². The second kappa shape index (κ2) is 24.6. The van der Waals surface area contributed by atoms with Crippen LogP contribution in [0.2, 0.25) is 0 Å². The zero-order valence-electron chi connectivity index (χ0n) is 19.0. The van der Waals surface area contributed by atoms with Crippen molar-refractivity contribution in [3.05, 3.63) is 0 Å². The largest absolute Gasteiger partial charge is 2.00 e. The Balaban J connectivity index is -0.0000000973. The van der Waals surface area contributed by atoms with Crippen molar-refractivity contribution in [1.29, 1.82) is 0 Å². The molecule has 0 rings (SSSR count). The van der Waals surface area contributed by atoms with Gasteiger partial charge in [-0.1, -0.05) is 13.8 Å². The Bertz CT molecular complexity index is 667. The fraction of sp³-hybridized carbons (Fsp3) is 0.625. The molecule has 0 bridgehead atoms. The first-order chi connectivity index (χ1) is 14.3. The number of aliphatic hydroxyl groups excluding tert-OH is 2. The van der Waals surface area contributed by atoms with E-state index in [9.17, 15) is 49.5 Å². The van der Waals surface area contributed by atoms with Crippen LogP contribution in [0.3, 0.4) is 0 Å². The predicted octanol–water partition coefficient (Wildman–Crippen LogP) is -11.2. The third-order valence-electron chi connectivity index (χ3n) is 3.28. The summed E-state index contributed by atoms with van der Waals surface area (Å²) in [6, 6.07) is 0. The monoisotopic (exact) mass is 587 g/mol. The van der Waals surface area contributed by atoms with Gasteiger partial charge in [0.25, 0.3) is 0 Å². The minimum absolute atomic E-state index is 0. The van der Waals surface area contributed by atoms with Crippen molar-refractivity contribution in [1.82, 2.24) is 5.32 Å². The Morgan fingerprint density at radius 2 is 1.14 bits per heavy atom. The molecule has 0 aliphatic rings. The van der Waals surface area contributed by atoms with Crippen LogP contribution in [0.4, 0.5) is 4.79 Å². The van der Waals surface area contributed by atoms with Gasteiger partial charge < -0.3 is 75.2 Å². The van der Waals surface area contributed by atoms with Crippen LogP contribution in [0, 0.1) is 5.41 Å². The number of aliphatic carboxylic acids is 4. The van der Waals surface area contributed by atoms with E-state index in [1.807, 2.05) is 0 Å². The maximum Gasteiger partial charge on any atom is 2.00 e. The average molecular weight is 588 g/mol. The predicted molar refractivity (Wildman–Crippen MR) is 101 cm³/mol. The number of hydrogen-bond acceptors (Lipinski definition) is 15. The smallest absolute Gasteiger partial charge is 0.652 e. The number of aliphatic hydroxyl groups is 3. The Morgan fingerprint density at radius 3 is 1.37 bits per heavy atom. The molecule has 1 atom stereocenters. The zero-order valence-corrected chi connectivity index (χ0v) is 25.6. The van der Waals surface area contributed by atoms with E-state index in [0.717, 1.165) is 0 Å². The first-order valence-corrected chi connectivity index (χ1v) is 8.30. The summed E-state index contributed by atoms with van der Waals surface area (Å²) in [4.78, 5) is 59.6. The molecule has 4 N–H and O–H groups in total. The fourth-order valence-corrected chi connectivity index (χ4v) is 1.51. The molecule has 0 aliphatic heterocycles. The van der Waals surface area contributed by atoms with E-state index in [4.69, 9.17) is 25.2 Å². The molecule has 186 valence electrons. The van der Waals surface area contributed by atoms with Gasteiger partial charge in [-0.05, 0) is 6.16 Å². The van der Waals surface area contributed by atoms with Gasteiger partial charge in [0.2, 0.25) is 5.91 Å². The van der Waals surface area contributed by atoms with Crippen molar-refractivity contribution < 1.29 is 74.7 Å². The maximum atomic E-state index is 11.2. The summed E-state index contributed by atoms with van der Waals surface area (Å²) in [5.74, 6) is -7.96. The Hall–Kier alpha value is 0.279. The third-order valence-corrected chi connectivity index (χ3v) is 3.28. The van der Waals surface area contributed by atoms with Gasteiger partial charge in [-0.2, -0.15) is 0 Å². The molecular formula is C16H21Ca3NO15. The summed E-state index contributed by atoms with van der Waals surface area (Å²) in [6.07, 6.45) is -6.73. The molecule has 0 radical (unpaired) electrons. The van der Waals surface area contributed by atoms with Gasteiger partial charge >= 0.3 is 113 Å². The summed E-state index contributed by atoms with van der Waals surface area (Å²) in [5.41, 5.74) is -3.93.